The smallest absolute Gasteiger partial charge is 0.407 e. The largest absolute Gasteiger partial charge is 0.453 e. The molecule has 0 aliphatic carbocycles. The fraction of sp³-hybridized carbons (Fsp3) is 0.222. The van der Waals surface area contributed by atoms with Crippen molar-refractivity contribution in [1.82, 2.24) is 5.32 Å². The molecule has 0 saturated heterocycles. The molecule has 0 spiro atoms. The van der Waals surface area contributed by atoms with E-state index >= 15 is 0 Å². The molecule has 0 unspecified atom stereocenters. The number of nitrogens with one attached hydrogen (secondary N) is 2. The minimum Gasteiger partial charge on any atom is -0.453 e. The molecule has 0 heterocycles. The molecule has 0 atom stereocenters. The molecule has 0 saturated carbocycles. The van der Waals surface area contributed by atoms with Crippen LogP contribution in [0.1, 0.15) is 11.1 Å². The number of carbonyl (C=O) groups is 2. The summed E-state index contributed by atoms with van der Waals surface area (Å²) in [6.45, 7) is -3.23. The van der Waals surface area contributed by atoms with Crippen LogP contribution in [0.5, 0.6) is 5.75 Å². The highest BCUT2D eigenvalue weighted by molar-refractivity contribution is 5.94. The van der Waals surface area contributed by atoms with Gasteiger partial charge in [0.15, 0.2) is 0 Å². The fourth-order valence-corrected chi connectivity index (χ4v) is 2.25. The van der Waals surface area contributed by atoms with Crippen LogP contribution in [0.15, 0.2) is 48.5 Å². The van der Waals surface area contributed by atoms with Crippen LogP contribution in [0.4, 0.5) is 19.3 Å². The zero-order valence-corrected chi connectivity index (χ0v) is 14.0. The highest BCUT2D eigenvalue weighted by Gasteiger charge is 2.13. The van der Waals surface area contributed by atoms with Crippen LogP contribution < -0.4 is 15.4 Å². The summed E-state index contributed by atoms with van der Waals surface area (Å²) in [5, 5.41) is 4.82. The maximum atomic E-state index is 12.6. The van der Waals surface area contributed by atoms with Crippen LogP contribution in [0.3, 0.4) is 0 Å². The highest BCUT2D eigenvalue weighted by Crippen LogP contribution is 2.27. The average molecular weight is 364 g/mol. The van der Waals surface area contributed by atoms with Gasteiger partial charge in [-0.3, -0.25) is 4.79 Å². The van der Waals surface area contributed by atoms with Crippen molar-refractivity contribution >= 4 is 17.7 Å². The standard InChI is InChI=1S/C18H18F2N2O4/c1-25-18(24)21-11-16(23)22-14-7-8-15(26-17(19)20)13(10-14)9-12-5-3-2-4-6-12/h2-8,10,17H,9,11H2,1H3,(H,21,24)(H,22,23). The Bertz CT molecular complexity index is 754. The minimum absolute atomic E-state index is 0.0366. The van der Waals surface area contributed by atoms with E-state index in [1.165, 1.54) is 19.2 Å². The number of methoxy groups -OCH3 is 1. The van der Waals surface area contributed by atoms with Crippen molar-refractivity contribution < 1.29 is 27.8 Å². The lowest BCUT2D eigenvalue weighted by Crippen LogP contribution is -2.32. The Morgan fingerprint density at radius 2 is 1.85 bits per heavy atom. The van der Waals surface area contributed by atoms with E-state index in [2.05, 4.69) is 20.1 Å². The van der Waals surface area contributed by atoms with Crippen molar-refractivity contribution in [2.75, 3.05) is 19.0 Å². The summed E-state index contributed by atoms with van der Waals surface area (Å²) in [5.74, 6) is -0.446. The minimum atomic E-state index is -2.95. The number of alkyl carbamates (subject to hydrolysis) is 1. The molecule has 2 aromatic carbocycles. The lowest BCUT2D eigenvalue weighted by Gasteiger charge is -2.13. The molecular weight excluding hydrogens is 346 g/mol. The Balaban J connectivity index is 2.14. The molecule has 8 heteroatoms. The van der Waals surface area contributed by atoms with E-state index in [0.717, 1.165) is 5.56 Å². The Labute approximate surface area is 149 Å². The summed E-state index contributed by atoms with van der Waals surface area (Å²) in [5.41, 5.74) is 1.80. The number of amides is 2. The van der Waals surface area contributed by atoms with Gasteiger partial charge in [-0.05, 0) is 23.8 Å². The molecular formula is C18H18F2N2O4. The van der Waals surface area contributed by atoms with Crippen molar-refractivity contribution in [3.05, 3.63) is 59.7 Å². The second-order valence-electron chi connectivity index (χ2n) is 5.26. The summed E-state index contributed by atoms with van der Waals surface area (Å²) in [7, 11) is 1.19. The predicted octanol–water partition coefficient (Wildman–Crippen LogP) is 3.17. The number of hydrogen-bond donors (Lipinski definition) is 2. The number of alkyl halides is 2. The first-order valence-electron chi connectivity index (χ1n) is 7.71. The van der Waals surface area contributed by atoms with Gasteiger partial charge >= 0.3 is 12.7 Å². The number of benzene rings is 2. The van der Waals surface area contributed by atoms with Gasteiger partial charge in [-0.15, -0.1) is 0 Å². The van der Waals surface area contributed by atoms with E-state index in [9.17, 15) is 18.4 Å². The van der Waals surface area contributed by atoms with Crippen molar-refractivity contribution in [1.29, 1.82) is 0 Å². The van der Waals surface area contributed by atoms with E-state index in [1.807, 2.05) is 30.3 Å². The summed E-state index contributed by atoms with van der Waals surface area (Å²) in [6.07, 6.45) is -0.377. The number of halogens is 2. The van der Waals surface area contributed by atoms with Gasteiger partial charge in [-0.25, -0.2) is 4.79 Å². The number of rotatable bonds is 7. The molecule has 0 aliphatic rings. The third kappa shape index (κ3) is 6.04. The maximum Gasteiger partial charge on any atom is 0.407 e. The van der Waals surface area contributed by atoms with Crippen LogP contribution >= 0.6 is 0 Å². The fourth-order valence-electron chi connectivity index (χ4n) is 2.25. The quantitative estimate of drug-likeness (QED) is 0.791. The molecule has 2 amide bonds. The van der Waals surface area contributed by atoms with Crippen LogP contribution in [0.25, 0.3) is 0 Å². The number of carbonyl (C=O) groups excluding carboxylic acids is 2. The molecule has 0 bridgehead atoms. The Morgan fingerprint density at radius 3 is 2.50 bits per heavy atom. The lowest BCUT2D eigenvalue weighted by molar-refractivity contribution is -0.115. The van der Waals surface area contributed by atoms with Gasteiger partial charge in [-0.1, -0.05) is 30.3 Å². The van der Waals surface area contributed by atoms with Crippen LogP contribution in [0, 0.1) is 0 Å². The van der Waals surface area contributed by atoms with Gasteiger partial charge in [0.2, 0.25) is 5.91 Å². The summed E-state index contributed by atoms with van der Waals surface area (Å²) in [4.78, 5) is 22.8. The number of ether oxygens (including phenoxy) is 2. The molecule has 0 aromatic heterocycles. The molecule has 2 rings (SSSR count). The first kappa shape index (κ1) is 19.2. The van der Waals surface area contributed by atoms with E-state index in [0.29, 0.717) is 17.7 Å². The molecule has 138 valence electrons. The monoisotopic (exact) mass is 364 g/mol. The Morgan fingerprint density at radius 1 is 1.12 bits per heavy atom. The maximum absolute atomic E-state index is 12.6. The Hall–Kier alpha value is -3.16. The molecule has 6 nitrogen and oxygen atoms in total. The van der Waals surface area contributed by atoms with E-state index in [1.54, 1.807) is 6.07 Å². The zero-order valence-electron chi connectivity index (χ0n) is 14.0. The first-order chi connectivity index (χ1) is 12.5. The first-order valence-corrected chi connectivity index (χ1v) is 7.71. The topological polar surface area (TPSA) is 76.7 Å². The number of hydrogen-bond acceptors (Lipinski definition) is 4. The zero-order chi connectivity index (χ0) is 18.9. The predicted molar refractivity (Wildman–Crippen MR) is 91.4 cm³/mol. The van der Waals surface area contributed by atoms with Crippen molar-refractivity contribution in [3.8, 4) is 5.75 Å². The summed E-state index contributed by atoms with van der Waals surface area (Å²) in [6, 6.07) is 13.6. The molecule has 2 N–H and O–H groups in total. The van der Waals surface area contributed by atoms with Crippen LogP contribution in [0.2, 0.25) is 0 Å². The third-order valence-corrected chi connectivity index (χ3v) is 3.38. The van der Waals surface area contributed by atoms with Gasteiger partial charge in [0.25, 0.3) is 0 Å². The van der Waals surface area contributed by atoms with Gasteiger partial charge in [-0.2, -0.15) is 8.78 Å². The molecule has 26 heavy (non-hydrogen) atoms. The van der Waals surface area contributed by atoms with Crippen molar-refractivity contribution in [3.63, 3.8) is 0 Å². The third-order valence-electron chi connectivity index (χ3n) is 3.38. The number of anilines is 1. The van der Waals surface area contributed by atoms with Crippen molar-refractivity contribution in [2.24, 2.45) is 0 Å². The lowest BCUT2D eigenvalue weighted by atomic mass is 10.0. The van der Waals surface area contributed by atoms with Crippen molar-refractivity contribution in [2.45, 2.75) is 13.0 Å². The van der Waals surface area contributed by atoms with Gasteiger partial charge in [0, 0.05) is 17.7 Å². The Kier molecular flexibility index (Phi) is 6.90. The second-order valence-corrected chi connectivity index (χ2v) is 5.26. The van der Waals surface area contributed by atoms with Gasteiger partial charge in [0.1, 0.15) is 12.3 Å². The van der Waals surface area contributed by atoms with E-state index in [-0.39, 0.29) is 12.3 Å². The second kappa shape index (κ2) is 9.36. The summed E-state index contributed by atoms with van der Waals surface area (Å²) >= 11 is 0. The van der Waals surface area contributed by atoms with Crippen LogP contribution in [-0.2, 0) is 16.0 Å². The normalized spacial score (nSPS) is 10.3. The molecule has 0 aliphatic heterocycles. The molecule has 0 fully saturated rings. The molecule has 0 radical (unpaired) electrons. The average Bonchev–Trinajstić information content (AvgIpc) is 2.62. The van der Waals surface area contributed by atoms with Gasteiger partial charge < -0.3 is 20.1 Å². The van der Waals surface area contributed by atoms with E-state index in [4.69, 9.17) is 0 Å². The van der Waals surface area contributed by atoms with Gasteiger partial charge in [0.05, 0.1) is 7.11 Å². The molecule has 2 aromatic rings. The SMILES string of the molecule is COC(=O)NCC(=O)Nc1ccc(OC(F)F)c(Cc2ccccc2)c1. The highest BCUT2D eigenvalue weighted by atomic mass is 19.3. The summed E-state index contributed by atoms with van der Waals surface area (Å²) < 4.78 is 34.2. The van der Waals surface area contributed by atoms with E-state index < -0.39 is 18.6 Å². The van der Waals surface area contributed by atoms with Crippen LogP contribution in [-0.4, -0.2) is 32.3 Å².